The van der Waals surface area contributed by atoms with Crippen molar-refractivity contribution in [3.63, 3.8) is 0 Å². The van der Waals surface area contributed by atoms with Crippen LogP contribution in [-0.2, 0) is 0 Å². The number of likely N-dealkylation sites (tertiary alicyclic amines) is 1. The minimum Gasteiger partial charge on any atom is -0.497 e. The van der Waals surface area contributed by atoms with E-state index in [1.165, 1.54) is 17.2 Å². The molecule has 1 aliphatic heterocycles. The molecular formula is C20H23N5O3. The molecule has 4 rings (SSSR count). The molecule has 0 amide bonds. The van der Waals surface area contributed by atoms with Crippen LogP contribution >= 0.6 is 0 Å². The molecule has 8 nitrogen and oxygen atoms in total. The predicted molar refractivity (Wildman–Crippen MR) is 107 cm³/mol. The van der Waals surface area contributed by atoms with E-state index in [1.54, 1.807) is 25.4 Å². The van der Waals surface area contributed by atoms with E-state index in [9.17, 15) is 10.1 Å². The van der Waals surface area contributed by atoms with Crippen molar-refractivity contribution in [2.45, 2.75) is 18.9 Å². The molecule has 146 valence electrons. The summed E-state index contributed by atoms with van der Waals surface area (Å²) in [5.41, 5.74) is 1.59. The normalized spacial score (nSPS) is 15.6. The van der Waals surface area contributed by atoms with Gasteiger partial charge in [-0.25, -0.2) is 0 Å². The molecule has 0 unspecified atom stereocenters. The number of benzene rings is 1. The van der Waals surface area contributed by atoms with E-state index in [4.69, 9.17) is 4.74 Å². The van der Waals surface area contributed by atoms with Crippen LogP contribution in [0.3, 0.4) is 0 Å². The van der Waals surface area contributed by atoms with Gasteiger partial charge < -0.3 is 25.1 Å². The minimum absolute atomic E-state index is 0.0458. The second-order valence-electron chi connectivity index (χ2n) is 6.95. The predicted octanol–water partition coefficient (Wildman–Crippen LogP) is 3.50. The summed E-state index contributed by atoms with van der Waals surface area (Å²) in [6, 6.07) is 13.0. The van der Waals surface area contributed by atoms with Crippen molar-refractivity contribution in [2.24, 2.45) is 0 Å². The number of fused-ring (bicyclic) bond motifs is 1. The van der Waals surface area contributed by atoms with Crippen molar-refractivity contribution < 1.29 is 9.66 Å². The lowest BCUT2D eigenvalue weighted by Gasteiger charge is -2.25. The third-order valence-corrected chi connectivity index (χ3v) is 5.15. The minimum atomic E-state index is -0.386. The van der Waals surface area contributed by atoms with Crippen LogP contribution in [0.15, 0.2) is 48.7 Å². The Bertz CT molecular complexity index is 964. The molecule has 3 heterocycles. The largest absolute Gasteiger partial charge is 0.497 e. The zero-order chi connectivity index (χ0) is 19.5. The molecule has 1 fully saturated rings. The standard InChI is InChI=1S/C20H23N5O3/c1-28-16-9-7-15(8-10-16)17(14-23-11-4-5-12-23)21-19-20(25(26)27)24-13-3-2-6-18(24)22-19/h2-3,6-10,13,17,21H,4-5,11-12,14H2,1H3/t17-/m0/s1. The summed E-state index contributed by atoms with van der Waals surface area (Å²) in [4.78, 5) is 18.2. The van der Waals surface area contributed by atoms with Crippen molar-refractivity contribution in [3.8, 4) is 5.75 Å². The molecule has 0 saturated carbocycles. The third-order valence-electron chi connectivity index (χ3n) is 5.15. The van der Waals surface area contributed by atoms with Gasteiger partial charge >= 0.3 is 5.82 Å². The highest BCUT2D eigenvalue weighted by atomic mass is 16.6. The Kier molecular flexibility index (Phi) is 5.12. The van der Waals surface area contributed by atoms with Gasteiger partial charge in [-0.15, -0.1) is 0 Å². The summed E-state index contributed by atoms with van der Waals surface area (Å²) in [7, 11) is 1.63. The van der Waals surface area contributed by atoms with Crippen LogP contribution in [0.2, 0.25) is 0 Å². The fourth-order valence-corrected chi connectivity index (χ4v) is 3.71. The van der Waals surface area contributed by atoms with Gasteiger partial charge in [0.05, 0.1) is 19.3 Å². The number of nitro groups is 1. The number of rotatable bonds is 7. The van der Waals surface area contributed by atoms with E-state index in [0.717, 1.165) is 30.9 Å². The van der Waals surface area contributed by atoms with Crippen LogP contribution in [0.5, 0.6) is 5.75 Å². The van der Waals surface area contributed by atoms with Crippen molar-refractivity contribution >= 4 is 17.3 Å². The second-order valence-corrected chi connectivity index (χ2v) is 6.95. The first-order valence-corrected chi connectivity index (χ1v) is 9.40. The van der Waals surface area contributed by atoms with Crippen molar-refractivity contribution in [3.05, 3.63) is 64.3 Å². The number of hydrogen-bond donors (Lipinski definition) is 1. The van der Waals surface area contributed by atoms with E-state index in [1.807, 2.05) is 30.3 Å². The number of nitrogens with zero attached hydrogens (tertiary/aromatic N) is 4. The molecule has 3 aromatic rings. The molecule has 0 radical (unpaired) electrons. The first kappa shape index (κ1) is 18.2. The topological polar surface area (TPSA) is 84.9 Å². The number of imidazole rings is 1. The zero-order valence-corrected chi connectivity index (χ0v) is 15.7. The van der Waals surface area contributed by atoms with Crippen LogP contribution in [0.1, 0.15) is 24.4 Å². The smallest absolute Gasteiger partial charge is 0.372 e. The molecule has 1 atom stereocenters. The molecule has 8 heteroatoms. The number of anilines is 1. The maximum absolute atomic E-state index is 11.7. The van der Waals surface area contributed by atoms with Crippen LogP contribution < -0.4 is 10.1 Å². The first-order valence-electron chi connectivity index (χ1n) is 9.40. The molecule has 1 aliphatic rings. The van der Waals surface area contributed by atoms with Crippen molar-refractivity contribution in [1.29, 1.82) is 0 Å². The summed E-state index contributed by atoms with van der Waals surface area (Å²) < 4.78 is 6.76. The summed E-state index contributed by atoms with van der Waals surface area (Å²) in [6.07, 6.45) is 4.03. The number of methoxy groups -OCH3 is 1. The average molecular weight is 381 g/mol. The molecule has 2 aromatic heterocycles. The molecule has 28 heavy (non-hydrogen) atoms. The highest BCUT2D eigenvalue weighted by molar-refractivity contribution is 5.63. The SMILES string of the molecule is COc1ccc([C@H](CN2CCCC2)Nc2nc3ccccn3c2[N+](=O)[O-])cc1. The fraction of sp³-hybridized carbons (Fsp3) is 0.350. The molecule has 1 saturated heterocycles. The number of pyridine rings is 1. The average Bonchev–Trinajstić information content (AvgIpc) is 3.34. The highest BCUT2D eigenvalue weighted by Crippen LogP contribution is 2.30. The van der Waals surface area contributed by atoms with E-state index in [0.29, 0.717) is 5.65 Å². The number of ether oxygens (including phenoxy) is 1. The van der Waals surface area contributed by atoms with Gasteiger partial charge in [0.2, 0.25) is 11.5 Å². The number of hydrogen-bond acceptors (Lipinski definition) is 6. The maximum Gasteiger partial charge on any atom is 0.372 e. The Morgan fingerprint density at radius 2 is 1.96 bits per heavy atom. The van der Waals surface area contributed by atoms with Crippen molar-refractivity contribution in [1.82, 2.24) is 14.3 Å². The maximum atomic E-state index is 11.7. The second kappa shape index (κ2) is 7.85. The molecular weight excluding hydrogens is 358 g/mol. The van der Waals surface area contributed by atoms with Gasteiger partial charge in [0.15, 0.2) is 0 Å². The lowest BCUT2D eigenvalue weighted by molar-refractivity contribution is -0.389. The molecule has 1 aromatic carbocycles. The van der Waals surface area contributed by atoms with Gasteiger partial charge in [-0.2, -0.15) is 9.38 Å². The monoisotopic (exact) mass is 381 g/mol. The molecule has 0 bridgehead atoms. The molecule has 0 spiro atoms. The lowest BCUT2D eigenvalue weighted by atomic mass is 10.1. The molecule has 1 N–H and O–H groups in total. The van der Waals surface area contributed by atoms with E-state index >= 15 is 0 Å². The summed E-state index contributed by atoms with van der Waals surface area (Å²) in [5, 5.41) is 15.1. The van der Waals surface area contributed by atoms with Crippen LogP contribution in [0.25, 0.3) is 5.65 Å². The van der Waals surface area contributed by atoms with Gasteiger partial charge in [0.1, 0.15) is 5.75 Å². The lowest BCUT2D eigenvalue weighted by Crippen LogP contribution is -2.29. The van der Waals surface area contributed by atoms with Crippen LogP contribution in [0.4, 0.5) is 11.6 Å². The van der Waals surface area contributed by atoms with E-state index < -0.39 is 0 Å². The van der Waals surface area contributed by atoms with Gasteiger partial charge in [-0.1, -0.05) is 18.2 Å². The Morgan fingerprint density at radius 1 is 1.21 bits per heavy atom. The Morgan fingerprint density at radius 3 is 2.64 bits per heavy atom. The van der Waals surface area contributed by atoms with E-state index in [2.05, 4.69) is 15.2 Å². The summed E-state index contributed by atoms with van der Waals surface area (Å²) in [5.74, 6) is 1.02. The summed E-state index contributed by atoms with van der Waals surface area (Å²) in [6.45, 7) is 2.85. The fourth-order valence-electron chi connectivity index (χ4n) is 3.71. The number of nitrogens with one attached hydrogen (secondary N) is 1. The Labute approximate surface area is 162 Å². The number of aromatic nitrogens is 2. The highest BCUT2D eigenvalue weighted by Gasteiger charge is 2.26. The third kappa shape index (κ3) is 3.63. The van der Waals surface area contributed by atoms with Crippen molar-refractivity contribution in [2.75, 3.05) is 32.1 Å². The Hall–Kier alpha value is -3.13. The molecule has 0 aliphatic carbocycles. The van der Waals surface area contributed by atoms with Gasteiger partial charge in [0.25, 0.3) is 0 Å². The van der Waals surface area contributed by atoms with Crippen LogP contribution in [-0.4, -0.2) is 46.0 Å². The zero-order valence-electron chi connectivity index (χ0n) is 15.7. The van der Waals surface area contributed by atoms with Crippen LogP contribution in [0, 0.1) is 10.1 Å². The summed E-state index contributed by atoms with van der Waals surface area (Å²) >= 11 is 0. The van der Waals surface area contributed by atoms with Gasteiger partial charge in [0, 0.05) is 12.6 Å². The Balaban J connectivity index is 1.69. The van der Waals surface area contributed by atoms with Gasteiger partial charge in [-0.05, 0) is 54.6 Å². The first-order chi connectivity index (χ1) is 13.7. The quantitative estimate of drug-likeness (QED) is 0.498. The van der Waals surface area contributed by atoms with Gasteiger partial charge in [-0.3, -0.25) is 0 Å². The van der Waals surface area contributed by atoms with E-state index in [-0.39, 0.29) is 22.6 Å².